The monoisotopic (exact) mass is 265 g/mol. The molecule has 1 aromatic rings. The first-order chi connectivity index (χ1) is 9.16. The summed E-state index contributed by atoms with van der Waals surface area (Å²) in [4.78, 5) is 12.4. The second-order valence-electron chi connectivity index (χ2n) is 5.28. The zero-order chi connectivity index (χ0) is 13.4. The largest absolute Gasteiger partial charge is 0.363 e. The minimum absolute atomic E-state index is 0.135. The third kappa shape index (κ3) is 2.16. The maximum atomic E-state index is 14.0. The lowest BCUT2D eigenvalue weighted by atomic mass is 9.88. The number of para-hydroxylation sites is 1. The predicted molar refractivity (Wildman–Crippen MR) is 69.7 cm³/mol. The van der Waals surface area contributed by atoms with E-state index in [2.05, 4.69) is 5.32 Å². The Morgan fingerprint density at radius 3 is 2.95 bits per heavy atom. The molecule has 102 valence electrons. The Hall–Kier alpha value is -1.69. The van der Waals surface area contributed by atoms with Crippen molar-refractivity contribution >= 4 is 11.4 Å². The Labute approximate surface area is 110 Å². The molecule has 0 bridgehead atoms. The van der Waals surface area contributed by atoms with E-state index in [1.54, 1.807) is 0 Å². The van der Waals surface area contributed by atoms with E-state index in [0.29, 0.717) is 24.9 Å². The summed E-state index contributed by atoms with van der Waals surface area (Å²) >= 11 is 0. The van der Waals surface area contributed by atoms with Gasteiger partial charge in [-0.05, 0) is 37.4 Å². The molecular formula is C13H16FN3O2. The van der Waals surface area contributed by atoms with Gasteiger partial charge in [0.25, 0.3) is 5.69 Å². The summed E-state index contributed by atoms with van der Waals surface area (Å²) < 4.78 is 14.0. The molecule has 0 saturated carbocycles. The molecule has 2 unspecified atom stereocenters. The van der Waals surface area contributed by atoms with E-state index in [9.17, 15) is 14.5 Å². The molecule has 5 nitrogen and oxygen atoms in total. The van der Waals surface area contributed by atoms with E-state index >= 15 is 0 Å². The van der Waals surface area contributed by atoms with Gasteiger partial charge in [0.1, 0.15) is 0 Å². The number of anilines is 1. The van der Waals surface area contributed by atoms with Crippen LogP contribution in [0.4, 0.5) is 15.8 Å². The van der Waals surface area contributed by atoms with Crippen LogP contribution in [0.3, 0.4) is 0 Å². The lowest BCUT2D eigenvalue weighted by molar-refractivity contribution is -0.384. The second-order valence-corrected chi connectivity index (χ2v) is 5.28. The summed E-state index contributed by atoms with van der Waals surface area (Å²) in [6.07, 6.45) is 0.961. The van der Waals surface area contributed by atoms with Crippen molar-refractivity contribution in [2.75, 3.05) is 31.1 Å². The SMILES string of the molecule is O=[N+]([O-])c1cccc(F)c1N1CCC2CNCC2C1. The molecule has 2 fully saturated rings. The van der Waals surface area contributed by atoms with Gasteiger partial charge in [0.15, 0.2) is 11.5 Å². The van der Waals surface area contributed by atoms with Crippen molar-refractivity contribution in [2.24, 2.45) is 11.8 Å². The van der Waals surface area contributed by atoms with E-state index in [-0.39, 0.29) is 11.4 Å². The minimum atomic E-state index is -0.503. The number of piperidine rings is 1. The van der Waals surface area contributed by atoms with Gasteiger partial charge in [0, 0.05) is 19.2 Å². The number of halogens is 1. The fourth-order valence-electron chi connectivity index (χ4n) is 3.20. The Morgan fingerprint density at radius 1 is 1.37 bits per heavy atom. The molecule has 0 amide bonds. The fourth-order valence-corrected chi connectivity index (χ4v) is 3.20. The average Bonchev–Trinajstić information content (AvgIpc) is 2.85. The van der Waals surface area contributed by atoms with Gasteiger partial charge in [-0.3, -0.25) is 10.1 Å². The highest BCUT2D eigenvalue weighted by atomic mass is 19.1. The lowest BCUT2D eigenvalue weighted by Crippen LogP contribution is -2.40. The average molecular weight is 265 g/mol. The number of fused-ring (bicyclic) bond motifs is 1. The van der Waals surface area contributed by atoms with E-state index in [0.717, 1.165) is 19.5 Å². The van der Waals surface area contributed by atoms with Crippen LogP contribution in [-0.4, -0.2) is 31.1 Å². The maximum absolute atomic E-state index is 14.0. The molecule has 1 N–H and O–H groups in total. The predicted octanol–water partition coefficient (Wildman–Crippen LogP) is 1.78. The molecule has 6 heteroatoms. The van der Waals surface area contributed by atoms with Gasteiger partial charge >= 0.3 is 0 Å². The van der Waals surface area contributed by atoms with Crippen molar-refractivity contribution in [3.63, 3.8) is 0 Å². The van der Waals surface area contributed by atoms with Crippen LogP contribution in [0.15, 0.2) is 18.2 Å². The molecule has 3 rings (SSSR count). The first-order valence-corrected chi connectivity index (χ1v) is 6.55. The smallest absolute Gasteiger partial charge is 0.295 e. The van der Waals surface area contributed by atoms with Crippen LogP contribution in [-0.2, 0) is 0 Å². The van der Waals surface area contributed by atoms with E-state index in [1.807, 2.05) is 4.90 Å². The van der Waals surface area contributed by atoms with Gasteiger partial charge in [-0.15, -0.1) is 0 Å². The Kier molecular flexibility index (Phi) is 3.10. The standard InChI is InChI=1S/C13H16FN3O2/c14-11-2-1-3-12(17(18)19)13(11)16-5-4-9-6-15-7-10(9)8-16/h1-3,9-10,15H,4-8H2. The number of hydrogen-bond donors (Lipinski definition) is 1. The summed E-state index contributed by atoms with van der Waals surface area (Å²) in [6, 6.07) is 4.06. The van der Waals surface area contributed by atoms with Gasteiger partial charge in [-0.2, -0.15) is 0 Å². The quantitative estimate of drug-likeness (QED) is 0.654. The number of nitrogens with zero attached hydrogens (tertiary/aromatic N) is 2. The van der Waals surface area contributed by atoms with E-state index in [1.165, 1.54) is 18.2 Å². The molecule has 2 heterocycles. The summed E-state index contributed by atoms with van der Waals surface area (Å²) in [5, 5.41) is 14.4. The van der Waals surface area contributed by atoms with Crippen LogP contribution in [0, 0.1) is 27.8 Å². The molecule has 0 spiro atoms. The summed E-state index contributed by atoms with van der Waals surface area (Å²) in [6.45, 7) is 3.31. The molecule has 2 atom stereocenters. The highest BCUT2D eigenvalue weighted by molar-refractivity contribution is 5.64. The molecule has 0 radical (unpaired) electrons. The van der Waals surface area contributed by atoms with Crippen molar-refractivity contribution in [3.8, 4) is 0 Å². The molecule has 1 aromatic carbocycles. The molecule has 2 saturated heterocycles. The first kappa shape index (κ1) is 12.3. The van der Waals surface area contributed by atoms with Crippen LogP contribution in [0.25, 0.3) is 0 Å². The van der Waals surface area contributed by atoms with Crippen molar-refractivity contribution in [2.45, 2.75) is 6.42 Å². The van der Waals surface area contributed by atoms with Crippen LogP contribution in [0.2, 0.25) is 0 Å². The molecule has 19 heavy (non-hydrogen) atoms. The first-order valence-electron chi connectivity index (χ1n) is 6.55. The number of rotatable bonds is 2. The zero-order valence-corrected chi connectivity index (χ0v) is 10.5. The topological polar surface area (TPSA) is 58.4 Å². The van der Waals surface area contributed by atoms with E-state index in [4.69, 9.17) is 0 Å². The highest BCUT2D eigenvalue weighted by Gasteiger charge is 2.35. The summed E-state index contributed by atoms with van der Waals surface area (Å²) in [5.74, 6) is 0.591. The van der Waals surface area contributed by atoms with Gasteiger partial charge in [0.05, 0.1) is 4.92 Å². The Morgan fingerprint density at radius 2 is 2.16 bits per heavy atom. The molecule has 0 aliphatic carbocycles. The normalized spacial score (nSPS) is 26.3. The van der Waals surface area contributed by atoms with E-state index < -0.39 is 10.7 Å². The zero-order valence-electron chi connectivity index (χ0n) is 10.5. The van der Waals surface area contributed by atoms with Gasteiger partial charge in [-0.25, -0.2) is 4.39 Å². The highest BCUT2D eigenvalue weighted by Crippen LogP contribution is 2.36. The van der Waals surface area contributed by atoms with Crippen molar-refractivity contribution in [1.82, 2.24) is 5.32 Å². The third-order valence-corrected chi connectivity index (χ3v) is 4.18. The van der Waals surface area contributed by atoms with Crippen molar-refractivity contribution in [3.05, 3.63) is 34.1 Å². The summed E-state index contributed by atoms with van der Waals surface area (Å²) in [7, 11) is 0. The lowest BCUT2D eigenvalue weighted by Gasteiger charge is -2.35. The molecule has 2 aliphatic rings. The Bertz CT molecular complexity index is 509. The van der Waals surface area contributed by atoms with Crippen LogP contribution >= 0.6 is 0 Å². The molecular weight excluding hydrogens is 249 g/mol. The third-order valence-electron chi connectivity index (χ3n) is 4.18. The number of nitrogens with one attached hydrogen (secondary N) is 1. The number of nitro benzene ring substituents is 1. The number of benzene rings is 1. The van der Waals surface area contributed by atoms with Crippen LogP contribution in [0.1, 0.15) is 6.42 Å². The van der Waals surface area contributed by atoms with Gasteiger partial charge in [-0.1, -0.05) is 6.07 Å². The molecule has 0 aromatic heterocycles. The van der Waals surface area contributed by atoms with Crippen LogP contribution in [0.5, 0.6) is 0 Å². The Balaban J connectivity index is 1.91. The minimum Gasteiger partial charge on any atom is -0.363 e. The second kappa shape index (κ2) is 4.77. The number of nitro groups is 1. The van der Waals surface area contributed by atoms with Crippen molar-refractivity contribution < 1.29 is 9.31 Å². The maximum Gasteiger partial charge on any atom is 0.295 e. The van der Waals surface area contributed by atoms with Gasteiger partial charge < -0.3 is 10.2 Å². The van der Waals surface area contributed by atoms with Gasteiger partial charge in [0.2, 0.25) is 0 Å². The van der Waals surface area contributed by atoms with Crippen molar-refractivity contribution in [1.29, 1.82) is 0 Å². The molecule has 2 aliphatic heterocycles. The number of hydrogen-bond acceptors (Lipinski definition) is 4. The summed E-state index contributed by atoms with van der Waals surface area (Å²) in [5.41, 5.74) is 0.0160. The fraction of sp³-hybridized carbons (Fsp3) is 0.538. The van der Waals surface area contributed by atoms with Crippen LogP contribution < -0.4 is 10.2 Å².